The molecule has 34 heavy (non-hydrogen) atoms. The van der Waals surface area contributed by atoms with Crippen LogP contribution in [-0.4, -0.2) is 62.8 Å². The molecule has 3 aliphatic rings. The van der Waals surface area contributed by atoms with Crippen molar-refractivity contribution in [2.75, 3.05) is 44.7 Å². The minimum Gasteiger partial charge on any atom is -0.493 e. The zero-order chi connectivity index (χ0) is 23.8. The summed E-state index contributed by atoms with van der Waals surface area (Å²) < 4.78 is 11.7. The Hall–Kier alpha value is -2.73. The van der Waals surface area contributed by atoms with Crippen molar-refractivity contribution in [2.45, 2.75) is 57.6 Å². The summed E-state index contributed by atoms with van der Waals surface area (Å²) in [5, 5.41) is 3.32. The predicted molar refractivity (Wildman–Crippen MR) is 137 cm³/mol. The highest BCUT2D eigenvalue weighted by atomic mass is 16.5. The summed E-state index contributed by atoms with van der Waals surface area (Å²) in [6, 6.07) is 16.5. The molecule has 1 aliphatic carbocycles. The number of carbonyl (C=O) groups is 1. The van der Waals surface area contributed by atoms with Crippen molar-refractivity contribution in [3.05, 3.63) is 54.1 Å². The third-order valence-corrected chi connectivity index (χ3v) is 7.00. The Morgan fingerprint density at radius 1 is 0.912 bits per heavy atom. The first-order chi connectivity index (χ1) is 16.6. The number of methoxy groups -OCH3 is 1. The largest absolute Gasteiger partial charge is 0.493 e. The molecule has 0 radical (unpaired) electrons. The van der Waals surface area contributed by atoms with Crippen LogP contribution >= 0.6 is 0 Å². The van der Waals surface area contributed by atoms with Gasteiger partial charge in [0.15, 0.2) is 11.5 Å². The van der Waals surface area contributed by atoms with Gasteiger partial charge in [-0.05, 0) is 64.1 Å². The maximum absolute atomic E-state index is 12.6. The lowest BCUT2D eigenvalue weighted by molar-refractivity contribution is -0.133. The van der Waals surface area contributed by atoms with Crippen molar-refractivity contribution >= 4 is 11.6 Å². The van der Waals surface area contributed by atoms with Crippen molar-refractivity contribution in [2.24, 2.45) is 0 Å². The summed E-state index contributed by atoms with van der Waals surface area (Å²) in [6.07, 6.45) is 7.14. The normalized spacial score (nSPS) is 20.6. The molecule has 0 aromatic heterocycles. The highest BCUT2D eigenvalue weighted by Gasteiger charge is 2.29. The molecule has 5 rings (SSSR count). The summed E-state index contributed by atoms with van der Waals surface area (Å²) >= 11 is 0. The molecule has 0 spiro atoms. The van der Waals surface area contributed by atoms with Gasteiger partial charge in [0.1, 0.15) is 0 Å². The minimum absolute atomic E-state index is 0.0314. The maximum atomic E-state index is 12.6. The number of hydrogen-bond acceptors (Lipinski definition) is 5. The highest BCUT2D eigenvalue weighted by molar-refractivity contribution is 5.82. The number of anilines is 1. The zero-order valence-electron chi connectivity index (χ0n) is 20.7. The Labute approximate surface area is 204 Å². The van der Waals surface area contributed by atoms with Gasteiger partial charge in [0.05, 0.1) is 19.3 Å². The van der Waals surface area contributed by atoms with Crippen molar-refractivity contribution in [1.29, 1.82) is 0 Å². The van der Waals surface area contributed by atoms with Gasteiger partial charge >= 0.3 is 0 Å². The summed E-state index contributed by atoms with van der Waals surface area (Å²) in [5.41, 5.74) is 2.47. The second-order valence-corrected chi connectivity index (χ2v) is 9.48. The van der Waals surface area contributed by atoms with E-state index in [0.717, 1.165) is 75.6 Å². The van der Waals surface area contributed by atoms with Gasteiger partial charge < -0.3 is 24.6 Å². The van der Waals surface area contributed by atoms with Crippen LogP contribution in [0, 0.1) is 6.92 Å². The number of rotatable bonds is 5. The molecule has 184 valence electrons. The number of nitrogens with zero attached hydrogens (tertiary/aromatic N) is 2. The fourth-order valence-electron chi connectivity index (χ4n) is 4.98. The van der Waals surface area contributed by atoms with E-state index in [-0.39, 0.29) is 11.9 Å². The van der Waals surface area contributed by atoms with Crippen LogP contribution in [0.5, 0.6) is 11.5 Å². The Kier molecular flexibility index (Phi) is 8.69. The zero-order valence-corrected chi connectivity index (χ0v) is 20.7. The Morgan fingerprint density at radius 3 is 2.24 bits per heavy atom. The van der Waals surface area contributed by atoms with Crippen molar-refractivity contribution < 1.29 is 14.3 Å². The first-order valence-corrected chi connectivity index (χ1v) is 12.8. The van der Waals surface area contributed by atoms with E-state index in [2.05, 4.69) is 41.4 Å². The summed E-state index contributed by atoms with van der Waals surface area (Å²) in [7, 11) is 1.69. The lowest BCUT2D eigenvalue weighted by Crippen LogP contribution is -2.53. The second-order valence-electron chi connectivity index (χ2n) is 9.48. The molecular formula is C28H39N3O3. The van der Waals surface area contributed by atoms with E-state index in [4.69, 9.17) is 9.47 Å². The van der Waals surface area contributed by atoms with E-state index in [0.29, 0.717) is 6.10 Å². The van der Waals surface area contributed by atoms with Crippen LogP contribution in [0.1, 0.15) is 44.1 Å². The molecule has 2 heterocycles. The average Bonchev–Trinajstić information content (AvgIpc) is 3.59. The van der Waals surface area contributed by atoms with Gasteiger partial charge in [-0.25, -0.2) is 0 Å². The molecule has 1 saturated carbocycles. The molecule has 1 N–H and O–H groups in total. The number of carbonyl (C=O) groups excluding carboxylic acids is 1. The molecule has 6 heteroatoms. The molecule has 2 aromatic rings. The van der Waals surface area contributed by atoms with Gasteiger partial charge in [0, 0.05) is 37.9 Å². The molecule has 3 fully saturated rings. The van der Waals surface area contributed by atoms with E-state index in [1.165, 1.54) is 18.4 Å². The van der Waals surface area contributed by atoms with E-state index >= 15 is 0 Å². The van der Waals surface area contributed by atoms with Crippen LogP contribution in [0.3, 0.4) is 0 Å². The first kappa shape index (κ1) is 24.4. The first-order valence-electron chi connectivity index (χ1n) is 12.8. The maximum Gasteiger partial charge on any atom is 0.239 e. The molecule has 1 unspecified atom stereocenters. The molecule has 0 bridgehead atoms. The van der Waals surface area contributed by atoms with Gasteiger partial charge in [0.2, 0.25) is 5.91 Å². The topological polar surface area (TPSA) is 54.0 Å². The van der Waals surface area contributed by atoms with Gasteiger partial charge in [0.25, 0.3) is 0 Å². The van der Waals surface area contributed by atoms with Crippen LogP contribution in [-0.2, 0) is 4.79 Å². The summed E-state index contributed by atoms with van der Waals surface area (Å²) in [5.74, 6) is 1.91. The monoisotopic (exact) mass is 465 g/mol. The van der Waals surface area contributed by atoms with Crippen molar-refractivity contribution in [3.8, 4) is 11.5 Å². The van der Waals surface area contributed by atoms with Gasteiger partial charge in [-0.2, -0.15) is 0 Å². The second kappa shape index (κ2) is 12.1. The molecule has 1 atom stereocenters. The van der Waals surface area contributed by atoms with E-state index < -0.39 is 0 Å². The summed E-state index contributed by atoms with van der Waals surface area (Å²) in [6.45, 7) is 6.32. The lowest BCUT2D eigenvalue weighted by Gasteiger charge is -2.37. The number of benzene rings is 2. The third kappa shape index (κ3) is 6.44. The molecule has 6 nitrogen and oxygen atoms in total. The van der Waals surface area contributed by atoms with E-state index in [1.807, 2.05) is 29.2 Å². The Bertz CT molecular complexity index is 900. The SMILES string of the molecule is COc1ccc(N2CCN(C(=O)C3CCCN3)CC2)cc1OC1CCCC1.Cc1ccccc1. The van der Waals surface area contributed by atoms with E-state index in [1.54, 1.807) is 7.11 Å². The molecular weight excluding hydrogens is 426 g/mol. The number of nitrogens with one attached hydrogen (secondary N) is 1. The molecule has 1 amide bonds. The number of piperazine rings is 1. The smallest absolute Gasteiger partial charge is 0.239 e. The fourth-order valence-corrected chi connectivity index (χ4v) is 4.98. The highest BCUT2D eigenvalue weighted by Crippen LogP contribution is 2.35. The van der Waals surface area contributed by atoms with Crippen LogP contribution in [0.15, 0.2) is 48.5 Å². The van der Waals surface area contributed by atoms with Crippen molar-refractivity contribution in [1.82, 2.24) is 10.2 Å². The molecule has 2 aliphatic heterocycles. The van der Waals surface area contributed by atoms with Gasteiger partial charge in [-0.3, -0.25) is 4.79 Å². The summed E-state index contributed by atoms with van der Waals surface area (Å²) in [4.78, 5) is 16.9. The van der Waals surface area contributed by atoms with Crippen molar-refractivity contribution in [3.63, 3.8) is 0 Å². The quantitative estimate of drug-likeness (QED) is 0.709. The number of hydrogen-bond donors (Lipinski definition) is 1. The fraction of sp³-hybridized carbons (Fsp3) is 0.536. The number of ether oxygens (including phenoxy) is 2. The molecule has 2 saturated heterocycles. The van der Waals surface area contributed by atoms with E-state index in [9.17, 15) is 4.79 Å². The average molecular weight is 466 g/mol. The number of aryl methyl sites for hydroxylation is 1. The Balaban J connectivity index is 0.000000336. The van der Waals surface area contributed by atoms with Crippen LogP contribution in [0.2, 0.25) is 0 Å². The van der Waals surface area contributed by atoms with Gasteiger partial charge in [-0.1, -0.05) is 35.9 Å². The standard InChI is InChI=1S/C21H31N3O3.C7H8/c1-26-19-9-8-16(15-20(19)27-17-5-2-3-6-17)23-11-13-24(14-12-23)21(25)18-7-4-10-22-18;1-7-5-3-2-4-6-7/h8-9,15,17-18,22H,2-7,10-14H2,1H3;2-6H,1H3. The minimum atomic E-state index is 0.0314. The van der Waals surface area contributed by atoms with Crippen LogP contribution < -0.4 is 19.7 Å². The third-order valence-electron chi connectivity index (χ3n) is 7.00. The van der Waals surface area contributed by atoms with Gasteiger partial charge in [-0.15, -0.1) is 0 Å². The van der Waals surface area contributed by atoms with Crippen LogP contribution in [0.4, 0.5) is 5.69 Å². The lowest BCUT2D eigenvalue weighted by atomic mass is 10.1. The van der Waals surface area contributed by atoms with Crippen LogP contribution in [0.25, 0.3) is 0 Å². The Morgan fingerprint density at radius 2 is 1.65 bits per heavy atom. The molecule has 2 aromatic carbocycles. The number of amides is 1. The predicted octanol–water partition coefficient (Wildman–Crippen LogP) is 4.41.